The van der Waals surface area contributed by atoms with Gasteiger partial charge in [-0.1, -0.05) is 31.4 Å². The fourth-order valence-electron chi connectivity index (χ4n) is 3.11. The van der Waals surface area contributed by atoms with Crippen LogP contribution in [0.25, 0.3) is 0 Å². The van der Waals surface area contributed by atoms with Crippen LogP contribution >= 0.6 is 0 Å². The third kappa shape index (κ3) is 1.27. The van der Waals surface area contributed by atoms with Crippen LogP contribution in [0, 0.1) is 5.41 Å². The normalized spacial score (nSPS) is 26.6. The maximum absolute atomic E-state index is 2.40. The first-order valence-corrected chi connectivity index (χ1v) is 5.96. The zero-order valence-corrected chi connectivity index (χ0v) is 10.0. The molecule has 14 heavy (non-hydrogen) atoms. The molecule has 0 aromatic carbocycles. The van der Waals surface area contributed by atoms with Crippen molar-refractivity contribution in [1.29, 1.82) is 0 Å². The number of rotatable bonds is 0. The van der Waals surface area contributed by atoms with E-state index < -0.39 is 0 Å². The lowest BCUT2D eigenvalue weighted by atomic mass is 9.79. The molecule has 0 heteroatoms. The van der Waals surface area contributed by atoms with E-state index >= 15 is 0 Å². The van der Waals surface area contributed by atoms with Crippen molar-refractivity contribution in [3.8, 4) is 0 Å². The fraction of sp³-hybridized carbons (Fsp3) is 0.714. The minimum Gasteiger partial charge on any atom is -0.0604 e. The molecule has 0 fully saturated rings. The molecule has 0 nitrogen and oxygen atoms in total. The van der Waals surface area contributed by atoms with Gasteiger partial charge in [0.2, 0.25) is 0 Å². The van der Waals surface area contributed by atoms with E-state index in [-0.39, 0.29) is 0 Å². The van der Waals surface area contributed by atoms with Crippen LogP contribution in [-0.2, 0) is 0 Å². The summed E-state index contributed by atoms with van der Waals surface area (Å²) in [6.07, 6.45) is 6.91. The van der Waals surface area contributed by atoms with Crippen LogP contribution in [0.1, 0.15) is 59.8 Å². The van der Waals surface area contributed by atoms with Gasteiger partial charge in [0, 0.05) is 5.41 Å². The van der Waals surface area contributed by atoms with Gasteiger partial charge in [0.05, 0.1) is 0 Å². The average Bonchev–Trinajstić information content (AvgIpc) is 2.41. The highest BCUT2D eigenvalue weighted by Gasteiger charge is 2.35. The lowest BCUT2D eigenvalue weighted by molar-refractivity contribution is 0.516. The molecule has 0 aliphatic heterocycles. The summed E-state index contributed by atoms with van der Waals surface area (Å²) in [7, 11) is 0. The molecule has 0 atom stereocenters. The molecule has 2 rings (SSSR count). The number of allylic oxidation sites excluding steroid dienone is 4. The maximum Gasteiger partial charge on any atom is 0.00729 e. The van der Waals surface area contributed by atoms with E-state index in [1.54, 1.807) is 22.3 Å². The van der Waals surface area contributed by atoms with Crippen molar-refractivity contribution in [2.24, 2.45) is 5.41 Å². The molecule has 0 saturated heterocycles. The third-order valence-corrected chi connectivity index (χ3v) is 4.42. The molecule has 0 aromatic heterocycles. The molecular formula is C14H22. The lowest BCUT2D eigenvalue weighted by Crippen LogP contribution is -2.13. The van der Waals surface area contributed by atoms with Crippen LogP contribution < -0.4 is 0 Å². The summed E-state index contributed by atoms with van der Waals surface area (Å²) >= 11 is 0. The van der Waals surface area contributed by atoms with E-state index in [4.69, 9.17) is 0 Å². The Morgan fingerprint density at radius 3 is 2.29 bits per heavy atom. The van der Waals surface area contributed by atoms with Gasteiger partial charge in [-0.05, 0) is 50.7 Å². The Balaban J connectivity index is 2.45. The monoisotopic (exact) mass is 190 g/mol. The largest absolute Gasteiger partial charge is 0.0604 e. The second kappa shape index (κ2) is 3.25. The maximum atomic E-state index is 2.40. The van der Waals surface area contributed by atoms with Crippen molar-refractivity contribution in [3.05, 3.63) is 22.3 Å². The molecule has 0 bridgehead atoms. The van der Waals surface area contributed by atoms with Crippen LogP contribution in [0.2, 0.25) is 0 Å². The Bertz CT molecular complexity index is 313. The van der Waals surface area contributed by atoms with E-state index in [1.165, 1.54) is 32.1 Å². The van der Waals surface area contributed by atoms with Crippen molar-refractivity contribution < 1.29 is 0 Å². The second-order valence-corrected chi connectivity index (χ2v) is 5.39. The highest BCUT2D eigenvalue weighted by molar-refractivity contribution is 5.51. The summed E-state index contributed by atoms with van der Waals surface area (Å²) < 4.78 is 0. The van der Waals surface area contributed by atoms with Gasteiger partial charge in [-0.25, -0.2) is 0 Å². The van der Waals surface area contributed by atoms with Gasteiger partial charge in [0.25, 0.3) is 0 Å². The third-order valence-electron chi connectivity index (χ3n) is 4.42. The molecule has 2 aliphatic carbocycles. The highest BCUT2D eigenvalue weighted by atomic mass is 14.4. The fourth-order valence-corrected chi connectivity index (χ4v) is 3.11. The molecule has 0 saturated carbocycles. The molecule has 0 radical (unpaired) electrons. The summed E-state index contributed by atoms with van der Waals surface area (Å²) in [6, 6.07) is 0. The van der Waals surface area contributed by atoms with Crippen molar-refractivity contribution in [1.82, 2.24) is 0 Å². The molecule has 0 aromatic rings. The molecular weight excluding hydrogens is 168 g/mol. The molecule has 0 unspecified atom stereocenters. The summed E-state index contributed by atoms with van der Waals surface area (Å²) in [5.74, 6) is 0. The minimum absolute atomic E-state index is 0.365. The quantitative estimate of drug-likeness (QED) is 0.522. The Morgan fingerprint density at radius 2 is 1.57 bits per heavy atom. The summed E-state index contributed by atoms with van der Waals surface area (Å²) in [6.45, 7) is 9.45. The van der Waals surface area contributed by atoms with E-state index in [0.29, 0.717) is 5.41 Å². The van der Waals surface area contributed by atoms with Crippen LogP contribution in [0.4, 0.5) is 0 Å². The summed E-state index contributed by atoms with van der Waals surface area (Å²) in [4.78, 5) is 0. The molecule has 2 aliphatic rings. The first kappa shape index (κ1) is 10.0. The Hall–Kier alpha value is -0.520. The van der Waals surface area contributed by atoms with Crippen molar-refractivity contribution in [3.63, 3.8) is 0 Å². The van der Waals surface area contributed by atoms with Crippen LogP contribution in [0.3, 0.4) is 0 Å². The zero-order chi connectivity index (χ0) is 10.3. The molecule has 0 spiro atoms. The summed E-state index contributed by atoms with van der Waals surface area (Å²) in [5, 5.41) is 0. The van der Waals surface area contributed by atoms with Gasteiger partial charge >= 0.3 is 0 Å². The van der Waals surface area contributed by atoms with E-state index in [0.717, 1.165) is 0 Å². The Morgan fingerprint density at radius 1 is 0.929 bits per heavy atom. The Kier molecular flexibility index (Phi) is 2.33. The van der Waals surface area contributed by atoms with Gasteiger partial charge in [0.1, 0.15) is 0 Å². The summed E-state index contributed by atoms with van der Waals surface area (Å²) in [5.41, 5.74) is 7.05. The van der Waals surface area contributed by atoms with Gasteiger partial charge < -0.3 is 0 Å². The van der Waals surface area contributed by atoms with E-state index in [9.17, 15) is 0 Å². The molecule has 0 amide bonds. The van der Waals surface area contributed by atoms with Crippen LogP contribution in [0.15, 0.2) is 22.3 Å². The minimum atomic E-state index is 0.365. The first-order chi connectivity index (χ1) is 6.55. The first-order valence-electron chi connectivity index (χ1n) is 5.96. The standard InChI is InChI=1S/C14H22/c1-10-11(2)14(3,4)13-9-7-5-6-8-12(10)13/h5-9H2,1-4H3. The van der Waals surface area contributed by atoms with Gasteiger partial charge in [-0.2, -0.15) is 0 Å². The van der Waals surface area contributed by atoms with Gasteiger partial charge in [-0.15, -0.1) is 0 Å². The average molecular weight is 190 g/mol. The van der Waals surface area contributed by atoms with Crippen molar-refractivity contribution in [2.45, 2.75) is 59.8 Å². The van der Waals surface area contributed by atoms with E-state index in [2.05, 4.69) is 27.7 Å². The van der Waals surface area contributed by atoms with Crippen LogP contribution in [0.5, 0.6) is 0 Å². The molecule has 78 valence electrons. The van der Waals surface area contributed by atoms with Crippen molar-refractivity contribution in [2.75, 3.05) is 0 Å². The van der Waals surface area contributed by atoms with E-state index in [1.807, 2.05) is 0 Å². The number of hydrogen-bond acceptors (Lipinski definition) is 0. The highest BCUT2D eigenvalue weighted by Crippen LogP contribution is 2.50. The van der Waals surface area contributed by atoms with Gasteiger partial charge in [0.15, 0.2) is 0 Å². The molecule has 0 heterocycles. The predicted octanol–water partition coefficient (Wildman–Crippen LogP) is 4.62. The Labute approximate surface area is 88.1 Å². The zero-order valence-electron chi connectivity index (χ0n) is 10.0. The van der Waals surface area contributed by atoms with Crippen LogP contribution in [-0.4, -0.2) is 0 Å². The van der Waals surface area contributed by atoms with Gasteiger partial charge in [-0.3, -0.25) is 0 Å². The van der Waals surface area contributed by atoms with Crippen molar-refractivity contribution >= 4 is 0 Å². The topological polar surface area (TPSA) is 0 Å². The predicted molar refractivity (Wildman–Crippen MR) is 62.3 cm³/mol. The SMILES string of the molecule is CC1=C(C)C(C)(C)C2=C1CCCCC2. The lowest BCUT2D eigenvalue weighted by Gasteiger charge is -2.25. The molecule has 0 N–H and O–H groups in total. The number of hydrogen-bond donors (Lipinski definition) is 0. The smallest absolute Gasteiger partial charge is 0.00729 e. The second-order valence-electron chi connectivity index (χ2n) is 5.39.